The van der Waals surface area contributed by atoms with Gasteiger partial charge in [-0.05, 0) is 158 Å². The van der Waals surface area contributed by atoms with E-state index >= 15 is 0 Å². The summed E-state index contributed by atoms with van der Waals surface area (Å²) in [5, 5.41) is 10.1. The van der Waals surface area contributed by atoms with Gasteiger partial charge in [0.15, 0.2) is 0 Å². The summed E-state index contributed by atoms with van der Waals surface area (Å²) in [4.78, 5) is 0. The van der Waals surface area contributed by atoms with Crippen molar-refractivity contribution in [2.45, 2.75) is 0 Å². The highest BCUT2D eigenvalue weighted by Gasteiger charge is 2.14. The van der Waals surface area contributed by atoms with Crippen LogP contribution in [0.15, 0.2) is 231 Å². The number of rotatable bonds is 6. The van der Waals surface area contributed by atoms with Gasteiger partial charge in [-0.2, -0.15) is 0 Å². The lowest BCUT2D eigenvalue weighted by atomic mass is 9.88. The van der Waals surface area contributed by atoms with Crippen molar-refractivity contribution in [2.24, 2.45) is 0 Å². The summed E-state index contributed by atoms with van der Waals surface area (Å²) in [7, 11) is 0. The highest BCUT2D eigenvalue weighted by Crippen LogP contribution is 2.40. The van der Waals surface area contributed by atoms with Crippen molar-refractivity contribution < 1.29 is 0 Å². The summed E-state index contributed by atoms with van der Waals surface area (Å²) in [5.41, 5.74) is 14.4. The molecule has 0 atom stereocenters. The molecular weight excluding hydrogens is 697 g/mol. The molecule has 0 fully saturated rings. The fourth-order valence-corrected chi connectivity index (χ4v) is 8.76. The lowest BCUT2D eigenvalue weighted by Gasteiger charge is -2.16. The third-order valence-electron chi connectivity index (χ3n) is 11.8. The standard InChI is InChI=1S/C58H38/c1-3-11-39(12-4-1)41-19-21-42(22-20-41)50-33-49(40-13-5-2-6-14-40)34-53(35-50)54-37-51(45-27-29-57-47(31-45)25-23-43-15-7-9-17-55(43)57)36-52(38-54)46-28-30-58-48(32-46)26-24-44-16-8-10-18-56(44)58/h1-38H. The molecule has 0 saturated heterocycles. The van der Waals surface area contributed by atoms with Gasteiger partial charge in [0.2, 0.25) is 0 Å². The largest absolute Gasteiger partial charge is 0.0622 e. The molecule has 0 aliphatic heterocycles. The first-order valence-electron chi connectivity index (χ1n) is 20.1. The second-order valence-corrected chi connectivity index (χ2v) is 15.4. The number of fused-ring (bicyclic) bond motifs is 6. The highest BCUT2D eigenvalue weighted by atomic mass is 14.2. The SMILES string of the molecule is c1ccc(-c2ccc(-c3cc(-c4ccccc4)cc(-c4cc(-c5ccc6c(ccc7ccccc76)c5)cc(-c5ccc6c(ccc7ccccc76)c5)c4)c3)cc2)cc1. The fraction of sp³-hybridized carbons (Fsp3) is 0. The van der Waals surface area contributed by atoms with Gasteiger partial charge in [0.25, 0.3) is 0 Å². The molecule has 0 unspecified atom stereocenters. The van der Waals surface area contributed by atoms with Crippen LogP contribution in [-0.2, 0) is 0 Å². The van der Waals surface area contributed by atoms with Crippen molar-refractivity contribution in [3.05, 3.63) is 231 Å². The molecule has 0 amide bonds. The van der Waals surface area contributed by atoms with Crippen LogP contribution in [0.3, 0.4) is 0 Å². The van der Waals surface area contributed by atoms with Gasteiger partial charge in [0.1, 0.15) is 0 Å². The molecule has 0 heteroatoms. The smallest absolute Gasteiger partial charge is 0.0105 e. The molecule has 0 aliphatic carbocycles. The number of hydrogen-bond donors (Lipinski definition) is 0. The predicted octanol–water partition coefficient (Wildman–Crippen LogP) is 16.3. The van der Waals surface area contributed by atoms with Gasteiger partial charge in [-0.1, -0.05) is 182 Å². The zero-order valence-corrected chi connectivity index (χ0v) is 31.9. The van der Waals surface area contributed by atoms with E-state index < -0.39 is 0 Å². The van der Waals surface area contributed by atoms with E-state index in [1.54, 1.807) is 0 Å². The molecule has 0 aromatic heterocycles. The maximum absolute atomic E-state index is 2.38. The summed E-state index contributed by atoms with van der Waals surface area (Å²) in [6.07, 6.45) is 0. The average molecular weight is 735 g/mol. The summed E-state index contributed by atoms with van der Waals surface area (Å²) in [6, 6.07) is 84.8. The molecule has 0 bridgehead atoms. The van der Waals surface area contributed by atoms with Gasteiger partial charge in [-0.15, -0.1) is 0 Å². The molecule has 270 valence electrons. The second kappa shape index (κ2) is 14.2. The fourth-order valence-electron chi connectivity index (χ4n) is 8.76. The number of hydrogen-bond acceptors (Lipinski definition) is 0. The van der Waals surface area contributed by atoms with Gasteiger partial charge in [0, 0.05) is 0 Å². The van der Waals surface area contributed by atoms with E-state index in [0.717, 1.165) is 0 Å². The minimum Gasteiger partial charge on any atom is -0.0622 e. The Morgan fingerprint density at radius 2 is 0.414 bits per heavy atom. The van der Waals surface area contributed by atoms with E-state index in [1.807, 2.05) is 0 Å². The lowest BCUT2D eigenvalue weighted by Crippen LogP contribution is -1.90. The molecule has 0 saturated carbocycles. The van der Waals surface area contributed by atoms with Gasteiger partial charge in [0.05, 0.1) is 0 Å². The van der Waals surface area contributed by atoms with Crippen LogP contribution < -0.4 is 0 Å². The van der Waals surface area contributed by atoms with Crippen molar-refractivity contribution in [1.29, 1.82) is 0 Å². The predicted molar refractivity (Wildman–Crippen MR) is 249 cm³/mol. The molecule has 11 aromatic rings. The summed E-state index contributed by atoms with van der Waals surface area (Å²) in [5.74, 6) is 0. The topological polar surface area (TPSA) is 0 Å². The Kier molecular flexibility index (Phi) is 8.26. The van der Waals surface area contributed by atoms with Gasteiger partial charge in [-0.25, -0.2) is 0 Å². The highest BCUT2D eigenvalue weighted by molar-refractivity contribution is 6.10. The summed E-state index contributed by atoms with van der Waals surface area (Å²) < 4.78 is 0. The first-order valence-corrected chi connectivity index (χ1v) is 20.1. The molecular formula is C58H38. The van der Waals surface area contributed by atoms with E-state index in [-0.39, 0.29) is 0 Å². The molecule has 0 radical (unpaired) electrons. The maximum Gasteiger partial charge on any atom is -0.0105 e. The van der Waals surface area contributed by atoms with E-state index in [1.165, 1.54) is 110 Å². The zero-order valence-electron chi connectivity index (χ0n) is 31.9. The monoisotopic (exact) mass is 734 g/mol. The van der Waals surface area contributed by atoms with Crippen molar-refractivity contribution in [3.63, 3.8) is 0 Å². The Labute approximate surface area is 339 Å². The van der Waals surface area contributed by atoms with E-state index in [9.17, 15) is 0 Å². The Morgan fingerprint density at radius 3 is 0.862 bits per heavy atom. The second-order valence-electron chi connectivity index (χ2n) is 15.4. The van der Waals surface area contributed by atoms with Crippen molar-refractivity contribution in [3.8, 4) is 66.8 Å². The van der Waals surface area contributed by atoms with Gasteiger partial charge >= 0.3 is 0 Å². The molecule has 0 aliphatic rings. The van der Waals surface area contributed by atoms with Gasteiger partial charge < -0.3 is 0 Å². The van der Waals surface area contributed by atoms with Crippen LogP contribution in [0.25, 0.3) is 110 Å². The van der Waals surface area contributed by atoms with E-state index in [4.69, 9.17) is 0 Å². The lowest BCUT2D eigenvalue weighted by molar-refractivity contribution is 1.55. The molecule has 11 rings (SSSR count). The van der Waals surface area contributed by atoms with Crippen LogP contribution in [0.4, 0.5) is 0 Å². The minimum absolute atomic E-state index is 1.18. The summed E-state index contributed by atoms with van der Waals surface area (Å²) >= 11 is 0. The van der Waals surface area contributed by atoms with E-state index in [0.29, 0.717) is 0 Å². The summed E-state index contributed by atoms with van der Waals surface area (Å²) in [6.45, 7) is 0. The van der Waals surface area contributed by atoms with Crippen LogP contribution in [0, 0.1) is 0 Å². The van der Waals surface area contributed by atoms with Crippen molar-refractivity contribution in [1.82, 2.24) is 0 Å². The van der Waals surface area contributed by atoms with Crippen LogP contribution in [0.2, 0.25) is 0 Å². The molecule has 0 spiro atoms. The first kappa shape index (κ1) is 33.8. The molecule has 0 nitrogen and oxygen atoms in total. The Hall–Kier alpha value is -7.54. The first-order chi connectivity index (χ1) is 28.7. The van der Waals surface area contributed by atoms with Crippen molar-refractivity contribution in [2.75, 3.05) is 0 Å². The van der Waals surface area contributed by atoms with Crippen LogP contribution in [0.1, 0.15) is 0 Å². The Balaban J connectivity index is 1.10. The average Bonchev–Trinajstić information content (AvgIpc) is 3.31. The maximum atomic E-state index is 2.38. The third kappa shape index (κ3) is 6.22. The van der Waals surface area contributed by atoms with Gasteiger partial charge in [-0.3, -0.25) is 0 Å². The number of benzene rings is 11. The van der Waals surface area contributed by atoms with Crippen LogP contribution in [0.5, 0.6) is 0 Å². The minimum atomic E-state index is 1.18. The molecule has 0 heterocycles. The molecule has 0 N–H and O–H groups in total. The zero-order chi connectivity index (χ0) is 38.4. The molecule has 11 aromatic carbocycles. The van der Waals surface area contributed by atoms with Crippen LogP contribution >= 0.6 is 0 Å². The molecule has 58 heavy (non-hydrogen) atoms. The van der Waals surface area contributed by atoms with Crippen LogP contribution in [-0.4, -0.2) is 0 Å². The quantitative estimate of drug-likeness (QED) is 0.149. The Morgan fingerprint density at radius 1 is 0.138 bits per heavy atom. The van der Waals surface area contributed by atoms with E-state index in [2.05, 4.69) is 231 Å². The van der Waals surface area contributed by atoms with Crippen molar-refractivity contribution >= 4 is 43.1 Å². The normalized spacial score (nSPS) is 11.4. The Bertz CT molecular complexity index is 3160. The third-order valence-corrected chi connectivity index (χ3v) is 11.8.